The first-order valence-electron chi connectivity index (χ1n) is 36.9. The third kappa shape index (κ3) is 33.4. The van der Waals surface area contributed by atoms with Gasteiger partial charge in [0.25, 0.3) is 0 Å². The maximum atomic E-state index is 11.9. The molecule has 15 rings (SSSR count). The van der Waals surface area contributed by atoms with E-state index in [2.05, 4.69) is 76.2 Å². The molecule has 106 heavy (non-hydrogen) atoms. The first-order valence-corrected chi connectivity index (χ1v) is 38.2. The van der Waals surface area contributed by atoms with Crippen LogP contribution in [0.5, 0.6) is 0 Å². The summed E-state index contributed by atoms with van der Waals surface area (Å²) in [6, 6.07) is 41.7. The number of Topliss-reactive ketones (excluding diaryl/α,β-unsaturated/α-hetero) is 3. The van der Waals surface area contributed by atoms with Crippen LogP contribution in [0.2, 0.25) is 0 Å². The van der Waals surface area contributed by atoms with E-state index in [1.54, 1.807) is 15.4 Å². The van der Waals surface area contributed by atoms with Gasteiger partial charge >= 0.3 is 59.4 Å². The van der Waals surface area contributed by atoms with E-state index in [1.165, 1.54) is 23.1 Å². The van der Waals surface area contributed by atoms with Gasteiger partial charge in [-0.15, -0.1) is 0 Å². The van der Waals surface area contributed by atoms with Gasteiger partial charge in [-0.05, 0) is 162 Å². The Kier molecular flexibility index (Phi) is 41.3. The minimum absolute atomic E-state index is 0. The summed E-state index contributed by atoms with van der Waals surface area (Å²) >= 11 is 4.42. The molecule has 24 heteroatoms. The summed E-state index contributed by atoms with van der Waals surface area (Å²) in [5, 5.41) is 33.8. The first kappa shape index (κ1) is 90.4. The zero-order valence-corrected chi connectivity index (χ0v) is 63.5. The molecule has 573 valence electrons. The second-order valence-corrected chi connectivity index (χ2v) is 30.3. The summed E-state index contributed by atoms with van der Waals surface area (Å²) in [7, 11) is 0. The number of fused-ring (bicyclic) bond motifs is 8. The molecule has 7 fully saturated rings. The molecule has 11 aliphatic rings. The summed E-state index contributed by atoms with van der Waals surface area (Å²) in [4.78, 5) is 83.0. The molecular weight excluding hydrogens is 1420 g/mol. The third-order valence-electron chi connectivity index (χ3n) is 19.9. The van der Waals surface area contributed by atoms with Crippen molar-refractivity contribution in [2.45, 2.75) is 205 Å². The van der Waals surface area contributed by atoms with Crippen molar-refractivity contribution in [1.29, 1.82) is 0 Å². The minimum atomic E-state index is -1.44. The van der Waals surface area contributed by atoms with Gasteiger partial charge in [0.1, 0.15) is 29.1 Å². The van der Waals surface area contributed by atoms with E-state index in [4.69, 9.17) is 39.8 Å². The molecule has 4 heterocycles. The van der Waals surface area contributed by atoms with Crippen LogP contribution in [0.25, 0.3) is 0 Å². The number of nitrogens with zero attached hydrogens (tertiary/aromatic N) is 3. The number of carboxylic acid groups (broad SMARTS) is 1. The van der Waals surface area contributed by atoms with Gasteiger partial charge in [0.15, 0.2) is 17.4 Å². The molecule has 4 aromatic rings. The van der Waals surface area contributed by atoms with Crippen LogP contribution in [-0.2, 0) is 86.9 Å². The second kappa shape index (κ2) is 48.4. The molecule has 13 atom stereocenters. The number of nitrogens with two attached hydrogens (primary N) is 1. The van der Waals surface area contributed by atoms with Gasteiger partial charge < -0.3 is 47.5 Å². The number of ketones is 3. The van der Waals surface area contributed by atoms with Crippen LogP contribution in [0.15, 0.2) is 170 Å². The Morgan fingerprint density at radius 2 is 1.10 bits per heavy atom. The molecule has 7 N–H and O–H groups in total. The van der Waals surface area contributed by atoms with E-state index in [-0.39, 0.29) is 97.4 Å². The predicted molar refractivity (Wildman–Crippen MR) is 406 cm³/mol. The van der Waals surface area contributed by atoms with Crippen LogP contribution in [0.4, 0.5) is 4.79 Å². The molecule has 13 unspecified atom stereocenters. The number of rotatable bonds is 11. The molecule has 7 aliphatic carbocycles. The number of aliphatic carboxylic acids is 1. The van der Waals surface area contributed by atoms with Crippen LogP contribution in [0.3, 0.4) is 0 Å². The Hall–Kier alpha value is -6.17. The number of ether oxygens (including phenoxy) is 2. The SMILES string of the molecule is CC(C)(C)OC(=O)N1CC2CC(=O)CC1C2.NCc1ccccc1.O=C(NCc1ccccc1)C1CC=CC(O)C1.O=C(O)C1CC=CCC1.O=C1CC2CC(C1)N(Cc1ccccc1)C2.O=C1CC2CC(C1)N(Cl)C2.O=C1OC2C=CCC1C2.OC1C=CCC(CNCc2ccccc2)C1.[AlH3].[H-].[Li+].[O]=[Mn]=[O]. The van der Waals surface area contributed by atoms with Crippen molar-refractivity contribution in [3.63, 3.8) is 0 Å². The van der Waals surface area contributed by atoms with Crippen LogP contribution in [0, 0.1) is 41.4 Å². The average molecular weight is 1530 g/mol. The number of halogens is 1. The summed E-state index contributed by atoms with van der Waals surface area (Å²) in [5.74, 6) is 2.60. The molecule has 4 saturated heterocycles. The number of esters is 1. The van der Waals surface area contributed by atoms with Crippen molar-refractivity contribution in [1.82, 2.24) is 24.9 Å². The monoisotopic (exact) mass is 1530 g/mol. The molecule has 4 aromatic carbocycles. The summed E-state index contributed by atoms with van der Waals surface area (Å²) in [6.45, 7) is 12.4. The molecule has 20 nitrogen and oxygen atoms in total. The van der Waals surface area contributed by atoms with Gasteiger partial charge in [-0.1, -0.05) is 164 Å². The normalized spacial score (nSPS) is 26.5. The Bertz CT molecular complexity index is 3500. The quantitative estimate of drug-likeness (QED) is 0.0356. The van der Waals surface area contributed by atoms with E-state index >= 15 is 0 Å². The number of amides is 2. The first-order chi connectivity index (χ1) is 50.0. The standard InChI is InChI=1S/C14H17NO2.C14H17NO.C14H19NO.C12H19NO3.C7H10ClNO.C7H9N.C7H8O2.C7H10O2.Al.Li.Mn.2O.4H/c16-13-8-4-7-12(9-13)14(17)15-10-11-5-2-1-3-6-11;16-14-7-12-6-13(8-14)15(10-12)9-11-4-2-1-3-5-11;16-14-8-4-7-13(9-14)11-15-10-12-5-2-1-3-6-12;1-12(2,3)16-11(15)13-7-8-4-9(13)6-10(14)5-8;8-9-4-5-1-6(9)3-7(10)2-5;8-6-7-4-2-1-3-5-7;8-7-5-2-1-3-6(4-5)9-7;8-7(9)6-4-2-1-3-5-6;;;;;;;;;/h1-6,8,12-13,16H,7,9-10H2,(H,15,17);1-5,12-13H,6-10H2;1-6,8,13-16H,7,9-11H2;8-9H,4-7H2,1-3H3;5-6H,1-4H2;1-5H,6,8H2;1,3,5-6H,2,4H2;1-2,6H,3-5H2,(H,8,9);;;;;;;;;/q;;;;;;;;;+1;;;;;;;-1. The number of carboxylic acids is 1. The van der Waals surface area contributed by atoms with Crippen molar-refractivity contribution in [2.75, 3.05) is 26.2 Å². The Labute approximate surface area is 662 Å². The van der Waals surface area contributed by atoms with Gasteiger partial charge in [-0.25, -0.2) is 9.21 Å². The van der Waals surface area contributed by atoms with E-state index in [0.29, 0.717) is 92.6 Å². The number of hydrogen-bond acceptors (Lipinski definition) is 17. The van der Waals surface area contributed by atoms with Crippen LogP contribution in [0.1, 0.15) is 160 Å². The molecule has 3 saturated carbocycles. The van der Waals surface area contributed by atoms with Crippen LogP contribution in [-0.4, -0.2) is 156 Å². The zero-order valence-electron chi connectivity index (χ0n) is 62.6. The topological polar surface area (TPSA) is 293 Å². The van der Waals surface area contributed by atoms with Gasteiger partial charge in [0.05, 0.1) is 24.0 Å². The fourth-order valence-corrected chi connectivity index (χ4v) is 15.2. The number of benzene rings is 4. The number of allylic oxidation sites excluding steroid dienone is 5. The number of aliphatic hydroxyl groups excluding tert-OH is 2. The summed E-state index contributed by atoms with van der Waals surface area (Å²) < 4.78 is 28.9. The number of nitrogens with one attached hydrogen (secondary N) is 2. The van der Waals surface area contributed by atoms with Gasteiger partial charge in [0.2, 0.25) is 5.91 Å². The van der Waals surface area contributed by atoms with Crippen molar-refractivity contribution >= 4 is 70.4 Å². The Morgan fingerprint density at radius 1 is 0.604 bits per heavy atom. The molecule has 0 aromatic heterocycles. The second-order valence-electron chi connectivity index (χ2n) is 29.7. The van der Waals surface area contributed by atoms with E-state index in [9.17, 15) is 43.8 Å². The number of hydrogen-bond donors (Lipinski definition) is 6. The number of carbonyl (C=O) groups is 7. The summed E-state index contributed by atoms with van der Waals surface area (Å²) in [5.41, 5.74) is 9.84. The average Bonchev–Trinajstić information content (AvgIpc) is 1.68. The maximum absolute atomic E-state index is 11.9. The molecule has 8 bridgehead atoms. The fourth-order valence-electron chi connectivity index (χ4n) is 14.8. The molecule has 2 amide bonds. The Balaban J connectivity index is 0.000000259. The number of likely N-dealkylation sites (tertiary alicyclic amines) is 2. The fraction of sp³-hybridized carbons (Fsp3) is 0.524. The number of carbonyl (C=O) groups excluding carboxylic acids is 6. The van der Waals surface area contributed by atoms with Crippen LogP contribution >= 0.6 is 11.8 Å². The third-order valence-corrected chi connectivity index (χ3v) is 20.3. The van der Waals surface area contributed by atoms with E-state index < -0.39 is 32.5 Å². The van der Waals surface area contributed by atoms with Crippen LogP contribution < -0.4 is 35.2 Å². The van der Waals surface area contributed by atoms with E-state index in [1.807, 2.05) is 124 Å². The summed E-state index contributed by atoms with van der Waals surface area (Å²) in [6.07, 6.45) is 29.7. The zero-order chi connectivity index (χ0) is 74.8. The predicted octanol–water partition coefficient (Wildman–Crippen LogP) is 8.28. The molecule has 0 radical (unpaired) electrons. The van der Waals surface area contributed by atoms with Gasteiger partial charge in [0, 0.05) is 115 Å². The van der Waals surface area contributed by atoms with Gasteiger partial charge in [-0.2, -0.15) is 0 Å². The van der Waals surface area contributed by atoms with E-state index in [0.717, 1.165) is 122 Å². The van der Waals surface area contributed by atoms with Crippen molar-refractivity contribution in [3.05, 3.63) is 192 Å². The van der Waals surface area contributed by atoms with Gasteiger partial charge in [-0.3, -0.25) is 33.7 Å². The van der Waals surface area contributed by atoms with Crippen molar-refractivity contribution in [2.24, 2.45) is 47.2 Å². The number of aliphatic hydroxyl groups is 2. The molecule has 0 spiro atoms. The molecule has 4 aliphatic heterocycles. The molecular formula is C82H113AlClLiMnN6O14. The van der Waals surface area contributed by atoms with Crippen molar-refractivity contribution in [3.8, 4) is 0 Å². The van der Waals surface area contributed by atoms with Crippen molar-refractivity contribution < 1.29 is 101 Å². The Morgan fingerprint density at radius 3 is 1.61 bits per heavy atom.